The van der Waals surface area contributed by atoms with Crippen molar-refractivity contribution in [1.82, 2.24) is 0 Å². The van der Waals surface area contributed by atoms with Crippen LogP contribution in [0.5, 0.6) is 0 Å². The van der Waals surface area contributed by atoms with E-state index in [2.05, 4.69) is 26.0 Å². The van der Waals surface area contributed by atoms with Crippen molar-refractivity contribution < 1.29 is 4.79 Å². The topological polar surface area (TPSA) is 17.1 Å². The minimum atomic E-state index is 0.159. The second-order valence-corrected chi connectivity index (χ2v) is 4.80. The Morgan fingerprint density at radius 3 is 2.47 bits per heavy atom. The van der Waals surface area contributed by atoms with Crippen molar-refractivity contribution in [3.63, 3.8) is 0 Å². The molecular formula is C14H18O. The van der Waals surface area contributed by atoms with Gasteiger partial charge in [-0.15, -0.1) is 0 Å². The SMILES string of the molecule is CC(C)[C@H]1CCC(=O)[C@@H]1c1ccccc1. The van der Waals surface area contributed by atoms with E-state index in [0.29, 0.717) is 17.6 Å². The number of hydrogen-bond donors (Lipinski definition) is 0. The van der Waals surface area contributed by atoms with Gasteiger partial charge in [0.1, 0.15) is 5.78 Å². The molecule has 0 heterocycles. The summed E-state index contributed by atoms with van der Waals surface area (Å²) in [6, 6.07) is 10.2. The smallest absolute Gasteiger partial charge is 0.140 e. The molecule has 15 heavy (non-hydrogen) atoms. The van der Waals surface area contributed by atoms with E-state index >= 15 is 0 Å². The van der Waals surface area contributed by atoms with Crippen LogP contribution in [0.2, 0.25) is 0 Å². The summed E-state index contributed by atoms with van der Waals surface area (Å²) in [5, 5.41) is 0. The molecule has 0 radical (unpaired) electrons. The third-order valence-electron chi connectivity index (χ3n) is 3.51. The van der Waals surface area contributed by atoms with Crippen LogP contribution in [0.4, 0.5) is 0 Å². The van der Waals surface area contributed by atoms with E-state index in [1.807, 2.05) is 18.2 Å². The highest BCUT2D eigenvalue weighted by atomic mass is 16.1. The zero-order valence-corrected chi connectivity index (χ0v) is 9.44. The number of Topliss-reactive ketones (excluding diaryl/α,β-unsaturated/α-hetero) is 1. The Bertz CT molecular complexity index is 340. The highest BCUT2D eigenvalue weighted by Crippen LogP contribution is 2.40. The molecule has 1 aromatic carbocycles. The molecule has 0 spiro atoms. The molecule has 1 nitrogen and oxygen atoms in total. The van der Waals surface area contributed by atoms with E-state index in [4.69, 9.17) is 0 Å². The fraction of sp³-hybridized carbons (Fsp3) is 0.500. The molecule has 0 bridgehead atoms. The van der Waals surface area contributed by atoms with Crippen LogP contribution in [0.25, 0.3) is 0 Å². The lowest BCUT2D eigenvalue weighted by Crippen LogP contribution is -2.17. The lowest BCUT2D eigenvalue weighted by molar-refractivity contribution is -0.119. The lowest BCUT2D eigenvalue weighted by Gasteiger charge is -2.22. The van der Waals surface area contributed by atoms with Crippen molar-refractivity contribution in [1.29, 1.82) is 0 Å². The first-order valence-electron chi connectivity index (χ1n) is 5.78. The van der Waals surface area contributed by atoms with Gasteiger partial charge in [0.2, 0.25) is 0 Å². The summed E-state index contributed by atoms with van der Waals surface area (Å²) >= 11 is 0. The quantitative estimate of drug-likeness (QED) is 0.718. The number of hydrogen-bond acceptors (Lipinski definition) is 1. The number of ketones is 1. The fourth-order valence-corrected chi connectivity index (χ4v) is 2.68. The second-order valence-electron chi connectivity index (χ2n) is 4.80. The first-order chi connectivity index (χ1) is 7.20. The van der Waals surface area contributed by atoms with Crippen LogP contribution in [0.3, 0.4) is 0 Å². The van der Waals surface area contributed by atoms with Crippen LogP contribution in [-0.4, -0.2) is 5.78 Å². The Morgan fingerprint density at radius 2 is 1.87 bits per heavy atom. The van der Waals surface area contributed by atoms with Crippen LogP contribution in [-0.2, 0) is 4.79 Å². The summed E-state index contributed by atoms with van der Waals surface area (Å²) in [6.45, 7) is 4.44. The molecule has 1 fully saturated rings. The molecule has 0 unspecified atom stereocenters. The Labute approximate surface area is 91.5 Å². The van der Waals surface area contributed by atoms with Crippen molar-refractivity contribution in [2.75, 3.05) is 0 Å². The molecule has 0 N–H and O–H groups in total. The van der Waals surface area contributed by atoms with Gasteiger partial charge >= 0.3 is 0 Å². The summed E-state index contributed by atoms with van der Waals surface area (Å²) in [6.07, 6.45) is 1.83. The minimum absolute atomic E-state index is 0.159. The Hall–Kier alpha value is -1.11. The Kier molecular flexibility index (Phi) is 2.90. The van der Waals surface area contributed by atoms with Crippen molar-refractivity contribution in [3.05, 3.63) is 35.9 Å². The Morgan fingerprint density at radius 1 is 1.20 bits per heavy atom. The zero-order chi connectivity index (χ0) is 10.8. The average Bonchev–Trinajstić information content (AvgIpc) is 2.61. The largest absolute Gasteiger partial charge is 0.299 e. The predicted molar refractivity (Wildman–Crippen MR) is 61.8 cm³/mol. The molecule has 0 saturated heterocycles. The predicted octanol–water partition coefficient (Wildman–Crippen LogP) is 3.41. The summed E-state index contributed by atoms with van der Waals surface area (Å²) in [5.74, 6) is 1.73. The van der Waals surface area contributed by atoms with E-state index < -0.39 is 0 Å². The lowest BCUT2D eigenvalue weighted by atomic mass is 9.81. The number of carbonyl (C=O) groups is 1. The molecule has 1 aliphatic rings. The van der Waals surface area contributed by atoms with E-state index in [-0.39, 0.29) is 5.92 Å². The minimum Gasteiger partial charge on any atom is -0.299 e. The monoisotopic (exact) mass is 202 g/mol. The first-order valence-corrected chi connectivity index (χ1v) is 5.78. The maximum atomic E-state index is 11.9. The van der Waals surface area contributed by atoms with Gasteiger partial charge in [0, 0.05) is 12.3 Å². The second kappa shape index (κ2) is 4.18. The summed E-state index contributed by atoms with van der Waals surface area (Å²) in [4.78, 5) is 11.9. The van der Waals surface area contributed by atoms with Crippen LogP contribution in [0.1, 0.15) is 38.2 Å². The first kappa shape index (κ1) is 10.4. The molecular weight excluding hydrogens is 184 g/mol. The molecule has 1 heteroatoms. The van der Waals surface area contributed by atoms with Crippen molar-refractivity contribution in [2.24, 2.45) is 11.8 Å². The van der Waals surface area contributed by atoms with Gasteiger partial charge in [-0.1, -0.05) is 44.2 Å². The van der Waals surface area contributed by atoms with Gasteiger partial charge < -0.3 is 0 Å². The van der Waals surface area contributed by atoms with Crippen molar-refractivity contribution in [3.8, 4) is 0 Å². The Balaban J connectivity index is 2.29. The average molecular weight is 202 g/mol. The molecule has 0 aromatic heterocycles. The molecule has 80 valence electrons. The van der Waals surface area contributed by atoms with Gasteiger partial charge in [-0.3, -0.25) is 4.79 Å². The standard InChI is InChI=1S/C14H18O/c1-10(2)12-8-9-13(15)14(12)11-6-4-3-5-7-11/h3-7,10,12,14H,8-9H2,1-2H3/t12-,14-/m1/s1. The zero-order valence-electron chi connectivity index (χ0n) is 9.44. The van der Waals surface area contributed by atoms with Crippen molar-refractivity contribution >= 4 is 5.78 Å². The van der Waals surface area contributed by atoms with Crippen LogP contribution >= 0.6 is 0 Å². The number of rotatable bonds is 2. The fourth-order valence-electron chi connectivity index (χ4n) is 2.68. The molecule has 1 saturated carbocycles. The van der Waals surface area contributed by atoms with Gasteiger partial charge in [0.15, 0.2) is 0 Å². The van der Waals surface area contributed by atoms with Gasteiger partial charge in [0.25, 0.3) is 0 Å². The highest BCUT2D eigenvalue weighted by Gasteiger charge is 2.36. The third kappa shape index (κ3) is 1.97. The third-order valence-corrected chi connectivity index (χ3v) is 3.51. The summed E-state index contributed by atoms with van der Waals surface area (Å²) < 4.78 is 0. The molecule has 2 rings (SSSR count). The van der Waals surface area contributed by atoms with Gasteiger partial charge in [-0.25, -0.2) is 0 Å². The van der Waals surface area contributed by atoms with Gasteiger partial charge in [0.05, 0.1) is 0 Å². The van der Waals surface area contributed by atoms with E-state index in [1.165, 1.54) is 5.56 Å². The molecule has 0 amide bonds. The van der Waals surface area contributed by atoms with Gasteiger partial charge in [-0.05, 0) is 23.8 Å². The maximum Gasteiger partial charge on any atom is 0.140 e. The van der Waals surface area contributed by atoms with E-state index in [0.717, 1.165) is 12.8 Å². The molecule has 1 aliphatic carbocycles. The molecule has 2 atom stereocenters. The van der Waals surface area contributed by atoms with Crippen LogP contribution in [0.15, 0.2) is 30.3 Å². The number of carbonyl (C=O) groups excluding carboxylic acids is 1. The molecule has 0 aliphatic heterocycles. The van der Waals surface area contributed by atoms with E-state index in [9.17, 15) is 4.79 Å². The maximum absolute atomic E-state index is 11.9. The normalized spacial score (nSPS) is 26.2. The summed E-state index contributed by atoms with van der Waals surface area (Å²) in [5.41, 5.74) is 1.21. The summed E-state index contributed by atoms with van der Waals surface area (Å²) in [7, 11) is 0. The molecule has 1 aromatic rings. The van der Waals surface area contributed by atoms with Crippen LogP contribution < -0.4 is 0 Å². The van der Waals surface area contributed by atoms with Crippen LogP contribution in [0, 0.1) is 11.8 Å². The highest BCUT2D eigenvalue weighted by molar-refractivity contribution is 5.88. The van der Waals surface area contributed by atoms with E-state index in [1.54, 1.807) is 0 Å². The van der Waals surface area contributed by atoms with Crippen molar-refractivity contribution in [2.45, 2.75) is 32.6 Å². The van der Waals surface area contributed by atoms with Gasteiger partial charge in [-0.2, -0.15) is 0 Å². The number of benzene rings is 1.